The Morgan fingerprint density at radius 2 is 1.89 bits per heavy atom. The van der Waals surface area contributed by atoms with Crippen molar-refractivity contribution in [1.82, 2.24) is 0 Å². The topological polar surface area (TPSA) is 38.7 Å². The van der Waals surface area contributed by atoms with Gasteiger partial charge in [-0.3, -0.25) is 0 Å². The molecule has 2 aliphatic rings. The first-order chi connectivity index (χ1) is 8.40. The summed E-state index contributed by atoms with van der Waals surface area (Å²) in [6.45, 7) is 9.00. The zero-order valence-electron chi connectivity index (χ0n) is 12.1. The first kappa shape index (κ1) is 14.3. The molecule has 3 heteroatoms. The third kappa shape index (κ3) is 3.69. The molecule has 2 aliphatic heterocycles. The Balaban J connectivity index is 1.93. The molecule has 0 aromatic carbocycles. The van der Waals surface area contributed by atoms with Crippen molar-refractivity contribution >= 4 is 0 Å². The summed E-state index contributed by atoms with van der Waals surface area (Å²) in [5.74, 6) is 0.399. The van der Waals surface area contributed by atoms with Crippen LogP contribution in [0.1, 0.15) is 52.9 Å². The predicted molar refractivity (Wildman–Crippen MR) is 71.5 cm³/mol. The summed E-state index contributed by atoms with van der Waals surface area (Å²) in [5.41, 5.74) is 0.195. The monoisotopic (exact) mass is 256 g/mol. The fraction of sp³-hybridized carbons (Fsp3) is 1.00. The Labute approximate surface area is 111 Å². The highest BCUT2D eigenvalue weighted by Gasteiger charge is 2.41. The fourth-order valence-corrected chi connectivity index (χ4v) is 3.28. The van der Waals surface area contributed by atoms with E-state index in [0.29, 0.717) is 5.92 Å². The molecule has 2 atom stereocenters. The standard InChI is InChI=1S/C15H28O3/c1-14(2,3)11-13(16)12-4-7-18-15(10-12)5-8-17-9-6-15/h12-13,16H,4-11H2,1-3H3. The largest absolute Gasteiger partial charge is 0.393 e. The van der Waals surface area contributed by atoms with Gasteiger partial charge in [0.05, 0.1) is 11.7 Å². The molecule has 2 heterocycles. The van der Waals surface area contributed by atoms with Crippen LogP contribution in [0.2, 0.25) is 0 Å². The number of ether oxygens (including phenoxy) is 2. The normalized spacial score (nSPS) is 30.3. The molecule has 0 radical (unpaired) electrons. The van der Waals surface area contributed by atoms with Crippen LogP contribution in [-0.4, -0.2) is 36.6 Å². The summed E-state index contributed by atoms with van der Waals surface area (Å²) < 4.78 is 11.5. The van der Waals surface area contributed by atoms with Gasteiger partial charge >= 0.3 is 0 Å². The molecule has 2 unspecified atom stereocenters. The average molecular weight is 256 g/mol. The summed E-state index contributed by atoms with van der Waals surface area (Å²) in [6, 6.07) is 0. The first-order valence-electron chi connectivity index (χ1n) is 7.30. The lowest BCUT2D eigenvalue weighted by molar-refractivity contribution is -0.160. The van der Waals surface area contributed by atoms with E-state index in [1.54, 1.807) is 0 Å². The predicted octanol–water partition coefficient (Wildman–Crippen LogP) is 2.76. The highest BCUT2D eigenvalue weighted by atomic mass is 16.5. The van der Waals surface area contributed by atoms with Gasteiger partial charge in [-0.2, -0.15) is 0 Å². The van der Waals surface area contributed by atoms with Gasteiger partial charge in [0.25, 0.3) is 0 Å². The molecule has 0 aromatic rings. The van der Waals surface area contributed by atoms with Gasteiger partial charge in [0.1, 0.15) is 0 Å². The number of aliphatic hydroxyl groups excluding tert-OH is 1. The van der Waals surface area contributed by atoms with E-state index in [9.17, 15) is 5.11 Å². The second-order valence-corrected chi connectivity index (χ2v) is 7.23. The van der Waals surface area contributed by atoms with Gasteiger partial charge < -0.3 is 14.6 Å². The van der Waals surface area contributed by atoms with Crippen molar-refractivity contribution in [2.24, 2.45) is 11.3 Å². The van der Waals surface area contributed by atoms with Crippen molar-refractivity contribution in [3.63, 3.8) is 0 Å². The van der Waals surface area contributed by atoms with E-state index in [-0.39, 0.29) is 17.1 Å². The van der Waals surface area contributed by atoms with E-state index >= 15 is 0 Å². The van der Waals surface area contributed by atoms with Crippen LogP contribution in [0.15, 0.2) is 0 Å². The molecule has 2 rings (SSSR count). The maximum atomic E-state index is 10.4. The van der Waals surface area contributed by atoms with E-state index in [0.717, 1.165) is 51.9 Å². The number of aliphatic hydroxyl groups is 1. The average Bonchev–Trinajstić information content (AvgIpc) is 2.28. The molecular formula is C15H28O3. The van der Waals surface area contributed by atoms with Gasteiger partial charge in [0.2, 0.25) is 0 Å². The third-order valence-corrected chi connectivity index (χ3v) is 4.30. The van der Waals surface area contributed by atoms with Crippen LogP contribution in [0.4, 0.5) is 0 Å². The highest BCUT2D eigenvalue weighted by Crippen LogP contribution is 2.40. The maximum absolute atomic E-state index is 10.4. The van der Waals surface area contributed by atoms with Crippen molar-refractivity contribution in [2.45, 2.75) is 64.6 Å². The van der Waals surface area contributed by atoms with Gasteiger partial charge in [-0.15, -0.1) is 0 Å². The second-order valence-electron chi connectivity index (χ2n) is 7.23. The smallest absolute Gasteiger partial charge is 0.0730 e. The van der Waals surface area contributed by atoms with Gasteiger partial charge in [-0.25, -0.2) is 0 Å². The van der Waals surface area contributed by atoms with E-state index in [1.165, 1.54) is 0 Å². The SMILES string of the molecule is CC(C)(C)CC(O)C1CCOC2(CCOCC2)C1. The molecule has 2 fully saturated rings. The van der Waals surface area contributed by atoms with Crippen molar-refractivity contribution in [2.75, 3.05) is 19.8 Å². The molecule has 0 bridgehead atoms. The summed E-state index contributed by atoms with van der Waals surface area (Å²) in [6.07, 6.45) is 4.68. The lowest BCUT2D eigenvalue weighted by Gasteiger charge is -2.45. The molecular weight excluding hydrogens is 228 g/mol. The van der Waals surface area contributed by atoms with Crippen LogP contribution in [0.3, 0.4) is 0 Å². The zero-order chi connectivity index (χ0) is 13.2. The van der Waals surface area contributed by atoms with Gasteiger partial charge in [0.15, 0.2) is 0 Å². The van der Waals surface area contributed by atoms with Gasteiger partial charge in [-0.1, -0.05) is 20.8 Å². The minimum Gasteiger partial charge on any atom is -0.393 e. The maximum Gasteiger partial charge on any atom is 0.0730 e. The molecule has 0 aromatic heterocycles. The minimum atomic E-state index is -0.186. The summed E-state index contributed by atoms with van der Waals surface area (Å²) in [4.78, 5) is 0. The van der Waals surface area contributed by atoms with Crippen molar-refractivity contribution in [3.8, 4) is 0 Å². The second kappa shape index (κ2) is 5.48. The van der Waals surface area contributed by atoms with Crippen molar-refractivity contribution < 1.29 is 14.6 Å². The lowest BCUT2D eigenvalue weighted by atomic mass is 9.75. The molecule has 3 nitrogen and oxygen atoms in total. The summed E-state index contributed by atoms with van der Waals surface area (Å²) in [7, 11) is 0. The molecule has 0 aliphatic carbocycles. The fourth-order valence-electron chi connectivity index (χ4n) is 3.28. The molecule has 0 saturated carbocycles. The third-order valence-electron chi connectivity index (χ3n) is 4.30. The van der Waals surface area contributed by atoms with Crippen LogP contribution in [0.5, 0.6) is 0 Å². The first-order valence-corrected chi connectivity index (χ1v) is 7.30. The number of hydrogen-bond acceptors (Lipinski definition) is 3. The van der Waals surface area contributed by atoms with Crippen LogP contribution >= 0.6 is 0 Å². The van der Waals surface area contributed by atoms with Crippen LogP contribution in [-0.2, 0) is 9.47 Å². The van der Waals surface area contributed by atoms with Crippen LogP contribution < -0.4 is 0 Å². The van der Waals surface area contributed by atoms with E-state index < -0.39 is 0 Å². The van der Waals surface area contributed by atoms with Gasteiger partial charge in [0, 0.05) is 19.8 Å². The molecule has 106 valence electrons. The van der Waals surface area contributed by atoms with Crippen LogP contribution in [0, 0.1) is 11.3 Å². The van der Waals surface area contributed by atoms with Crippen LogP contribution in [0.25, 0.3) is 0 Å². The summed E-state index contributed by atoms with van der Waals surface area (Å²) >= 11 is 0. The Morgan fingerprint density at radius 1 is 1.22 bits per heavy atom. The Hall–Kier alpha value is -0.120. The number of rotatable bonds is 2. The number of hydrogen-bond donors (Lipinski definition) is 1. The van der Waals surface area contributed by atoms with Crippen molar-refractivity contribution in [3.05, 3.63) is 0 Å². The Kier molecular flexibility index (Phi) is 4.35. The van der Waals surface area contributed by atoms with Crippen molar-refractivity contribution in [1.29, 1.82) is 0 Å². The van der Waals surface area contributed by atoms with E-state index in [2.05, 4.69) is 20.8 Å². The Bertz CT molecular complexity index is 258. The zero-order valence-corrected chi connectivity index (χ0v) is 12.1. The Morgan fingerprint density at radius 3 is 2.50 bits per heavy atom. The quantitative estimate of drug-likeness (QED) is 0.825. The molecule has 18 heavy (non-hydrogen) atoms. The highest BCUT2D eigenvalue weighted by molar-refractivity contribution is 4.91. The molecule has 1 spiro atoms. The molecule has 2 saturated heterocycles. The van der Waals surface area contributed by atoms with E-state index in [1.807, 2.05) is 0 Å². The summed E-state index contributed by atoms with van der Waals surface area (Å²) in [5, 5.41) is 10.4. The van der Waals surface area contributed by atoms with Gasteiger partial charge in [-0.05, 0) is 43.4 Å². The minimum absolute atomic E-state index is 0.0000307. The molecule has 0 amide bonds. The molecule has 1 N–H and O–H groups in total. The lowest BCUT2D eigenvalue weighted by Crippen LogP contribution is -2.47. The van der Waals surface area contributed by atoms with E-state index in [4.69, 9.17) is 9.47 Å².